The zero-order chi connectivity index (χ0) is 16.4. The van der Waals surface area contributed by atoms with Gasteiger partial charge in [-0.1, -0.05) is 12.1 Å². The van der Waals surface area contributed by atoms with Crippen molar-refractivity contribution in [3.63, 3.8) is 0 Å². The Kier molecular flexibility index (Phi) is 3.71. The molecule has 2 heterocycles. The van der Waals surface area contributed by atoms with Crippen LogP contribution in [0.2, 0.25) is 0 Å². The maximum absolute atomic E-state index is 11.1. The van der Waals surface area contributed by atoms with Crippen molar-refractivity contribution in [1.29, 1.82) is 0 Å². The number of aromatic nitrogens is 3. The topological polar surface area (TPSA) is 99.6 Å². The molecule has 1 aromatic carbocycles. The zero-order valence-electron chi connectivity index (χ0n) is 12.2. The van der Waals surface area contributed by atoms with Crippen LogP contribution in [0.5, 0.6) is 5.75 Å². The molecule has 0 saturated carbocycles. The van der Waals surface area contributed by atoms with Crippen molar-refractivity contribution in [2.75, 3.05) is 0 Å². The highest BCUT2D eigenvalue weighted by atomic mass is 16.6. The number of benzene rings is 1. The average Bonchev–Trinajstić information content (AvgIpc) is 3.00. The van der Waals surface area contributed by atoms with Gasteiger partial charge in [-0.05, 0) is 5.56 Å². The Morgan fingerprint density at radius 2 is 2.04 bits per heavy atom. The molecule has 8 heteroatoms. The van der Waals surface area contributed by atoms with Gasteiger partial charge in [-0.2, -0.15) is 0 Å². The Hall–Kier alpha value is -3.29. The van der Waals surface area contributed by atoms with Crippen LogP contribution in [0.25, 0.3) is 5.65 Å². The van der Waals surface area contributed by atoms with Gasteiger partial charge in [0.05, 0.1) is 11.1 Å². The molecule has 23 heavy (non-hydrogen) atoms. The van der Waals surface area contributed by atoms with E-state index in [0.717, 1.165) is 5.56 Å². The fourth-order valence-electron chi connectivity index (χ4n) is 2.22. The second kappa shape index (κ2) is 5.84. The third-order valence-electron chi connectivity index (χ3n) is 3.23. The largest absolute Gasteiger partial charge is 0.421 e. The summed E-state index contributed by atoms with van der Waals surface area (Å²) in [5.74, 6) is 0.525. The standard InChI is InChI=1S/C15H12N4O4/c1-10(20)23-13-9-17-14(18-7-6-16-15(13)18)8-11-2-4-12(5-3-11)19(21)22/h2-7,9H,8H2,1H3. The summed E-state index contributed by atoms with van der Waals surface area (Å²) in [5.41, 5.74) is 1.41. The monoisotopic (exact) mass is 312 g/mol. The van der Waals surface area contributed by atoms with Gasteiger partial charge >= 0.3 is 5.97 Å². The van der Waals surface area contributed by atoms with Gasteiger partial charge in [0, 0.05) is 37.9 Å². The molecule has 0 aliphatic carbocycles. The van der Waals surface area contributed by atoms with Crippen molar-refractivity contribution in [1.82, 2.24) is 14.4 Å². The Labute approximate surface area is 130 Å². The Bertz CT molecular complexity index is 886. The number of carbonyl (C=O) groups is 1. The molecule has 0 amide bonds. The predicted octanol–water partition coefficient (Wildman–Crippen LogP) is 2.15. The van der Waals surface area contributed by atoms with Gasteiger partial charge < -0.3 is 4.74 Å². The van der Waals surface area contributed by atoms with Gasteiger partial charge in [0.25, 0.3) is 5.69 Å². The first-order valence-electron chi connectivity index (χ1n) is 6.77. The highest BCUT2D eigenvalue weighted by Crippen LogP contribution is 2.20. The summed E-state index contributed by atoms with van der Waals surface area (Å²) in [6.07, 6.45) is 5.22. The van der Waals surface area contributed by atoms with Crippen LogP contribution in [0, 0.1) is 10.1 Å². The lowest BCUT2D eigenvalue weighted by Crippen LogP contribution is -2.07. The average molecular weight is 312 g/mol. The number of rotatable bonds is 4. The molecule has 0 N–H and O–H groups in total. The van der Waals surface area contributed by atoms with Crippen LogP contribution in [0.3, 0.4) is 0 Å². The minimum absolute atomic E-state index is 0.0414. The van der Waals surface area contributed by atoms with Gasteiger partial charge in [0.1, 0.15) is 5.82 Å². The Morgan fingerprint density at radius 3 is 2.70 bits per heavy atom. The molecule has 0 atom stereocenters. The third-order valence-corrected chi connectivity index (χ3v) is 3.23. The van der Waals surface area contributed by atoms with E-state index in [0.29, 0.717) is 17.9 Å². The first-order valence-corrected chi connectivity index (χ1v) is 6.77. The van der Waals surface area contributed by atoms with Crippen molar-refractivity contribution in [3.05, 3.63) is 64.4 Å². The van der Waals surface area contributed by atoms with E-state index in [9.17, 15) is 14.9 Å². The second-order valence-electron chi connectivity index (χ2n) is 4.85. The molecule has 0 saturated heterocycles. The van der Waals surface area contributed by atoms with Gasteiger partial charge in [0.15, 0.2) is 11.4 Å². The van der Waals surface area contributed by atoms with E-state index in [2.05, 4.69) is 9.97 Å². The fraction of sp³-hybridized carbons (Fsp3) is 0.133. The molecule has 0 fully saturated rings. The molecule has 0 bridgehead atoms. The number of esters is 1. The molecule has 0 spiro atoms. The van der Waals surface area contributed by atoms with Crippen molar-refractivity contribution in [3.8, 4) is 5.75 Å². The van der Waals surface area contributed by atoms with Crippen molar-refractivity contribution < 1.29 is 14.5 Å². The summed E-state index contributed by atoms with van der Waals surface area (Å²) in [6, 6.07) is 6.27. The molecule has 0 radical (unpaired) electrons. The number of non-ortho nitro benzene ring substituents is 1. The van der Waals surface area contributed by atoms with Crippen LogP contribution >= 0.6 is 0 Å². The lowest BCUT2D eigenvalue weighted by atomic mass is 10.1. The second-order valence-corrected chi connectivity index (χ2v) is 4.85. The maximum atomic E-state index is 11.1. The first-order chi connectivity index (χ1) is 11.0. The van der Waals surface area contributed by atoms with Crippen LogP contribution < -0.4 is 4.74 Å². The number of carbonyl (C=O) groups excluding carboxylic acids is 1. The first kappa shape index (κ1) is 14.6. The van der Waals surface area contributed by atoms with Crippen molar-refractivity contribution in [2.45, 2.75) is 13.3 Å². The highest BCUT2D eigenvalue weighted by molar-refractivity contribution is 5.72. The number of nitro groups is 1. The number of imidazole rings is 1. The van der Waals surface area contributed by atoms with Crippen LogP contribution in [0.15, 0.2) is 42.9 Å². The van der Waals surface area contributed by atoms with Crippen LogP contribution in [0.4, 0.5) is 5.69 Å². The molecule has 0 aliphatic heterocycles. The maximum Gasteiger partial charge on any atom is 0.308 e. The number of ether oxygens (including phenoxy) is 1. The van der Waals surface area contributed by atoms with E-state index >= 15 is 0 Å². The quantitative estimate of drug-likeness (QED) is 0.416. The molecular weight excluding hydrogens is 300 g/mol. The normalized spacial score (nSPS) is 10.7. The van der Waals surface area contributed by atoms with Crippen LogP contribution in [-0.4, -0.2) is 25.3 Å². The van der Waals surface area contributed by atoms with Crippen LogP contribution in [-0.2, 0) is 11.2 Å². The van der Waals surface area contributed by atoms with Crippen LogP contribution in [0.1, 0.15) is 18.3 Å². The molecule has 3 rings (SSSR count). The van der Waals surface area contributed by atoms with E-state index < -0.39 is 10.9 Å². The Morgan fingerprint density at radius 1 is 1.30 bits per heavy atom. The van der Waals surface area contributed by atoms with E-state index in [4.69, 9.17) is 4.74 Å². The molecule has 0 unspecified atom stereocenters. The molecule has 8 nitrogen and oxygen atoms in total. The number of nitro benzene ring substituents is 1. The zero-order valence-corrected chi connectivity index (χ0v) is 12.2. The summed E-state index contributed by atoms with van der Waals surface area (Å²) in [6.45, 7) is 1.31. The smallest absolute Gasteiger partial charge is 0.308 e. The molecule has 2 aromatic heterocycles. The summed E-state index contributed by atoms with van der Waals surface area (Å²) in [4.78, 5) is 29.8. The summed E-state index contributed by atoms with van der Waals surface area (Å²) < 4.78 is 6.80. The minimum Gasteiger partial charge on any atom is -0.421 e. The van der Waals surface area contributed by atoms with E-state index in [1.807, 2.05) is 0 Å². The lowest BCUT2D eigenvalue weighted by Gasteiger charge is -2.08. The number of hydrogen-bond acceptors (Lipinski definition) is 6. The minimum atomic E-state index is -0.445. The van der Waals surface area contributed by atoms with E-state index in [1.165, 1.54) is 25.3 Å². The van der Waals surface area contributed by atoms with Crippen molar-refractivity contribution in [2.24, 2.45) is 0 Å². The van der Waals surface area contributed by atoms with Gasteiger partial charge in [-0.15, -0.1) is 0 Å². The van der Waals surface area contributed by atoms with E-state index in [-0.39, 0.29) is 11.4 Å². The third kappa shape index (κ3) is 3.00. The van der Waals surface area contributed by atoms with Gasteiger partial charge in [-0.3, -0.25) is 19.3 Å². The lowest BCUT2D eigenvalue weighted by molar-refractivity contribution is -0.384. The van der Waals surface area contributed by atoms with E-state index in [1.54, 1.807) is 28.9 Å². The molecule has 116 valence electrons. The van der Waals surface area contributed by atoms with Gasteiger partial charge in [0.2, 0.25) is 0 Å². The Balaban J connectivity index is 1.93. The molecular formula is C15H12N4O4. The molecule has 3 aromatic rings. The SMILES string of the molecule is CC(=O)Oc1cnc(Cc2ccc([N+](=O)[O-])cc2)n2ccnc12. The van der Waals surface area contributed by atoms with Gasteiger partial charge in [-0.25, -0.2) is 9.97 Å². The summed E-state index contributed by atoms with van der Waals surface area (Å²) in [5, 5.41) is 10.7. The number of fused-ring (bicyclic) bond motifs is 1. The summed E-state index contributed by atoms with van der Waals surface area (Å²) >= 11 is 0. The number of nitrogens with zero attached hydrogens (tertiary/aromatic N) is 4. The van der Waals surface area contributed by atoms with Crippen molar-refractivity contribution >= 4 is 17.3 Å². The number of hydrogen-bond donors (Lipinski definition) is 0. The fourth-order valence-corrected chi connectivity index (χ4v) is 2.22. The summed E-state index contributed by atoms with van der Waals surface area (Å²) in [7, 11) is 0. The highest BCUT2D eigenvalue weighted by Gasteiger charge is 2.12. The predicted molar refractivity (Wildman–Crippen MR) is 80.2 cm³/mol. The molecule has 0 aliphatic rings.